The van der Waals surface area contributed by atoms with Gasteiger partial charge in [0.25, 0.3) is 0 Å². The summed E-state index contributed by atoms with van der Waals surface area (Å²) < 4.78 is 0. The highest BCUT2D eigenvalue weighted by atomic mass is 16.1. The van der Waals surface area contributed by atoms with Crippen LogP contribution in [0.25, 0.3) is 11.0 Å². The number of imidazole rings is 1. The van der Waals surface area contributed by atoms with Crippen molar-refractivity contribution in [2.45, 2.75) is 64.3 Å². The summed E-state index contributed by atoms with van der Waals surface area (Å²) in [7, 11) is 0. The molecule has 0 bridgehead atoms. The van der Waals surface area contributed by atoms with Crippen molar-refractivity contribution >= 4 is 22.9 Å². The molecule has 2 aliphatic rings. The van der Waals surface area contributed by atoms with Gasteiger partial charge < -0.3 is 15.2 Å². The monoisotopic (exact) mass is 354 g/mol. The Balaban J connectivity index is 1.33. The Morgan fingerprint density at radius 1 is 1.12 bits per heavy atom. The molecule has 5 heteroatoms. The SMILES string of the molecule is Cc1ccc2nc(N3CCC(C(=O)NC4CCCCCC4)CC3)[nH]c2c1. The lowest BCUT2D eigenvalue weighted by molar-refractivity contribution is -0.126. The highest BCUT2D eigenvalue weighted by Crippen LogP contribution is 2.25. The van der Waals surface area contributed by atoms with Crippen molar-refractivity contribution in [3.63, 3.8) is 0 Å². The zero-order valence-corrected chi connectivity index (χ0v) is 15.8. The zero-order valence-electron chi connectivity index (χ0n) is 15.8. The first-order chi connectivity index (χ1) is 12.7. The number of nitrogens with one attached hydrogen (secondary N) is 2. The van der Waals surface area contributed by atoms with Crippen LogP contribution >= 0.6 is 0 Å². The van der Waals surface area contributed by atoms with Crippen LogP contribution in [0.3, 0.4) is 0 Å². The minimum absolute atomic E-state index is 0.154. The molecule has 2 aromatic rings. The van der Waals surface area contributed by atoms with Crippen LogP contribution in [0.4, 0.5) is 5.95 Å². The average Bonchev–Trinajstić information content (AvgIpc) is 2.90. The van der Waals surface area contributed by atoms with Crippen LogP contribution in [0.15, 0.2) is 18.2 Å². The van der Waals surface area contributed by atoms with E-state index in [1.165, 1.54) is 31.2 Å². The molecule has 1 aliphatic heterocycles. The topological polar surface area (TPSA) is 61.0 Å². The summed E-state index contributed by atoms with van der Waals surface area (Å²) in [4.78, 5) is 23.1. The molecule has 5 nitrogen and oxygen atoms in total. The minimum atomic E-state index is 0.154. The van der Waals surface area contributed by atoms with Crippen LogP contribution in [0, 0.1) is 12.8 Å². The molecule has 1 aromatic carbocycles. The fourth-order valence-corrected chi connectivity index (χ4v) is 4.36. The van der Waals surface area contributed by atoms with Crippen LogP contribution in [-0.2, 0) is 4.79 Å². The summed E-state index contributed by atoms with van der Waals surface area (Å²) in [6, 6.07) is 6.70. The standard InChI is InChI=1S/C21H30N4O/c1-15-8-9-18-19(14-15)24-21(23-18)25-12-10-16(11-13-25)20(26)22-17-6-4-2-3-5-7-17/h8-9,14,16-17H,2-7,10-13H2,1H3,(H,22,26)(H,23,24). The molecule has 140 valence electrons. The highest BCUT2D eigenvalue weighted by Gasteiger charge is 2.27. The molecule has 0 radical (unpaired) electrons. The second-order valence-corrected chi connectivity index (χ2v) is 8.04. The average molecular weight is 354 g/mol. The van der Waals surface area contributed by atoms with E-state index in [2.05, 4.69) is 40.3 Å². The fraction of sp³-hybridized carbons (Fsp3) is 0.619. The molecular formula is C21H30N4O. The van der Waals surface area contributed by atoms with Gasteiger partial charge in [-0.1, -0.05) is 31.7 Å². The molecule has 2 fully saturated rings. The van der Waals surface area contributed by atoms with Crippen molar-refractivity contribution in [2.75, 3.05) is 18.0 Å². The smallest absolute Gasteiger partial charge is 0.223 e. The van der Waals surface area contributed by atoms with Gasteiger partial charge in [0.2, 0.25) is 11.9 Å². The number of aryl methyl sites for hydroxylation is 1. The van der Waals surface area contributed by atoms with Crippen molar-refractivity contribution in [3.05, 3.63) is 23.8 Å². The predicted octanol–water partition coefficient (Wildman–Crippen LogP) is 3.93. The minimum Gasteiger partial charge on any atom is -0.353 e. The van der Waals surface area contributed by atoms with Gasteiger partial charge in [0.15, 0.2) is 0 Å². The van der Waals surface area contributed by atoms with Gasteiger partial charge in [-0.25, -0.2) is 4.98 Å². The largest absolute Gasteiger partial charge is 0.353 e. The van der Waals surface area contributed by atoms with E-state index in [4.69, 9.17) is 4.98 Å². The Kier molecular flexibility index (Phi) is 5.14. The van der Waals surface area contributed by atoms with Crippen LogP contribution in [0.5, 0.6) is 0 Å². The molecular weight excluding hydrogens is 324 g/mol. The van der Waals surface area contributed by atoms with Crippen LogP contribution in [-0.4, -0.2) is 35.0 Å². The second kappa shape index (κ2) is 7.68. The first kappa shape index (κ1) is 17.4. The van der Waals surface area contributed by atoms with E-state index in [1.54, 1.807) is 0 Å². The predicted molar refractivity (Wildman–Crippen MR) is 105 cm³/mol. The van der Waals surface area contributed by atoms with Crippen molar-refractivity contribution in [2.24, 2.45) is 5.92 Å². The fourth-order valence-electron chi connectivity index (χ4n) is 4.36. The van der Waals surface area contributed by atoms with Gasteiger partial charge in [-0.05, 0) is 50.3 Å². The quantitative estimate of drug-likeness (QED) is 0.821. The first-order valence-corrected chi connectivity index (χ1v) is 10.2. The number of H-pyrrole nitrogens is 1. The molecule has 2 N–H and O–H groups in total. The summed E-state index contributed by atoms with van der Waals surface area (Å²) in [6.45, 7) is 3.88. The lowest BCUT2D eigenvalue weighted by atomic mass is 9.95. The van der Waals surface area contributed by atoms with Gasteiger partial charge >= 0.3 is 0 Å². The molecule has 0 unspecified atom stereocenters. The molecule has 1 aliphatic carbocycles. The number of aromatic amines is 1. The molecule has 2 heterocycles. The van der Waals surface area contributed by atoms with E-state index in [9.17, 15) is 4.79 Å². The number of rotatable bonds is 3. The maximum Gasteiger partial charge on any atom is 0.223 e. The van der Waals surface area contributed by atoms with Gasteiger partial charge in [0, 0.05) is 25.0 Å². The molecule has 1 saturated heterocycles. The number of anilines is 1. The normalized spacial score (nSPS) is 20.3. The van der Waals surface area contributed by atoms with Crippen LogP contribution in [0.2, 0.25) is 0 Å². The van der Waals surface area contributed by atoms with Crippen molar-refractivity contribution in [1.82, 2.24) is 15.3 Å². The zero-order chi connectivity index (χ0) is 17.9. The number of hydrogen-bond acceptors (Lipinski definition) is 3. The number of carbonyl (C=O) groups is 1. The third-order valence-corrected chi connectivity index (χ3v) is 5.99. The van der Waals surface area contributed by atoms with Gasteiger partial charge in [0.1, 0.15) is 0 Å². The molecule has 4 rings (SSSR count). The van der Waals surface area contributed by atoms with Gasteiger partial charge in [0.05, 0.1) is 11.0 Å². The highest BCUT2D eigenvalue weighted by molar-refractivity contribution is 5.80. The summed E-state index contributed by atoms with van der Waals surface area (Å²) in [5.74, 6) is 1.37. The maximum absolute atomic E-state index is 12.6. The van der Waals surface area contributed by atoms with Crippen molar-refractivity contribution in [3.8, 4) is 0 Å². The summed E-state index contributed by atoms with van der Waals surface area (Å²) in [5, 5.41) is 3.33. The number of hydrogen-bond donors (Lipinski definition) is 2. The van der Waals surface area contributed by atoms with Crippen LogP contribution < -0.4 is 10.2 Å². The van der Waals surface area contributed by atoms with E-state index >= 15 is 0 Å². The Labute approximate surface area is 155 Å². The van der Waals surface area contributed by atoms with E-state index in [-0.39, 0.29) is 11.8 Å². The molecule has 26 heavy (non-hydrogen) atoms. The number of carbonyl (C=O) groups excluding carboxylic acids is 1. The lowest BCUT2D eigenvalue weighted by Crippen LogP contribution is -2.44. The number of fused-ring (bicyclic) bond motifs is 1. The Bertz CT molecular complexity index is 752. The van der Waals surface area contributed by atoms with E-state index in [1.807, 2.05) is 0 Å². The number of benzene rings is 1. The Morgan fingerprint density at radius 3 is 2.58 bits per heavy atom. The molecule has 0 spiro atoms. The number of piperidine rings is 1. The van der Waals surface area contributed by atoms with Crippen LogP contribution in [0.1, 0.15) is 56.9 Å². The Hall–Kier alpha value is -2.04. The molecule has 1 aromatic heterocycles. The maximum atomic E-state index is 12.6. The van der Waals surface area contributed by atoms with Gasteiger partial charge in [-0.3, -0.25) is 4.79 Å². The molecule has 1 amide bonds. The van der Waals surface area contributed by atoms with Gasteiger partial charge in [-0.2, -0.15) is 0 Å². The summed E-state index contributed by atoms with van der Waals surface area (Å²) in [6.07, 6.45) is 9.29. The summed E-state index contributed by atoms with van der Waals surface area (Å²) in [5.41, 5.74) is 3.34. The second-order valence-electron chi connectivity index (χ2n) is 8.04. The number of aromatic nitrogens is 2. The van der Waals surface area contributed by atoms with E-state index < -0.39 is 0 Å². The first-order valence-electron chi connectivity index (χ1n) is 10.2. The number of nitrogens with zero attached hydrogens (tertiary/aromatic N) is 2. The van der Waals surface area contributed by atoms with E-state index in [0.29, 0.717) is 6.04 Å². The van der Waals surface area contributed by atoms with Gasteiger partial charge in [-0.15, -0.1) is 0 Å². The number of amides is 1. The summed E-state index contributed by atoms with van der Waals surface area (Å²) >= 11 is 0. The van der Waals surface area contributed by atoms with Crippen molar-refractivity contribution in [1.29, 1.82) is 0 Å². The Morgan fingerprint density at radius 2 is 1.85 bits per heavy atom. The third-order valence-electron chi connectivity index (χ3n) is 5.99. The lowest BCUT2D eigenvalue weighted by Gasteiger charge is -2.32. The molecule has 1 saturated carbocycles. The third kappa shape index (κ3) is 3.87. The molecule has 0 atom stereocenters. The van der Waals surface area contributed by atoms with E-state index in [0.717, 1.165) is 55.8 Å². The van der Waals surface area contributed by atoms with Crippen molar-refractivity contribution < 1.29 is 4.79 Å².